The zero-order chi connectivity index (χ0) is 18.9. The monoisotopic (exact) mass is 348 g/mol. The van der Waals surface area contributed by atoms with E-state index >= 15 is 0 Å². The molecule has 0 fully saturated rings. The van der Waals surface area contributed by atoms with Crippen LogP contribution < -0.4 is 10.6 Å². The van der Waals surface area contributed by atoms with Gasteiger partial charge in [0.2, 0.25) is 5.91 Å². The van der Waals surface area contributed by atoms with E-state index in [-0.39, 0.29) is 18.1 Å². The number of carbonyl (C=O) groups excluding carboxylic acids is 3. The van der Waals surface area contributed by atoms with E-state index in [1.165, 1.54) is 0 Å². The third kappa shape index (κ3) is 8.88. The van der Waals surface area contributed by atoms with Gasteiger partial charge in [-0.25, -0.2) is 4.79 Å². The van der Waals surface area contributed by atoms with Crippen LogP contribution in [0.5, 0.6) is 0 Å². The van der Waals surface area contributed by atoms with Crippen molar-refractivity contribution >= 4 is 29.2 Å². The van der Waals surface area contributed by atoms with Crippen molar-refractivity contribution in [3.05, 3.63) is 24.3 Å². The van der Waals surface area contributed by atoms with Gasteiger partial charge >= 0.3 is 6.09 Å². The minimum atomic E-state index is -0.618. The van der Waals surface area contributed by atoms with E-state index in [0.717, 1.165) is 19.3 Å². The van der Waals surface area contributed by atoms with E-state index in [2.05, 4.69) is 17.6 Å². The Balaban J connectivity index is 2.62. The number of nitrogens with one attached hydrogen (secondary N) is 2. The summed E-state index contributed by atoms with van der Waals surface area (Å²) >= 11 is 0. The van der Waals surface area contributed by atoms with Gasteiger partial charge in [0.1, 0.15) is 11.4 Å². The molecule has 6 nitrogen and oxygen atoms in total. The average Bonchev–Trinajstić information content (AvgIpc) is 2.47. The molecule has 0 heterocycles. The van der Waals surface area contributed by atoms with Crippen LogP contribution in [0.3, 0.4) is 0 Å². The van der Waals surface area contributed by atoms with Crippen LogP contribution in [0.4, 0.5) is 16.2 Å². The zero-order valence-corrected chi connectivity index (χ0v) is 15.5. The van der Waals surface area contributed by atoms with Gasteiger partial charge in [-0.05, 0) is 39.3 Å². The Bertz CT molecular complexity index is 606. The summed E-state index contributed by atoms with van der Waals surface area (Å²) in [6.45, 7) is 7.37. The number of Topliss-reactive ketones (excluding diaryl/α,β-unsaturated/α-hetero) is 1. The Morgan fingerprint density at radius 1 is 1.00 bits per heavy atom. The molecule has 0 bridgehead atoms. The number of unbranched alkanes of at least 4 members (excludes halogenated alkanes) is 2. The molecule has 0 aromatic heterocycles. The van der Waals surface area contributed by atoms with E-state index in [4.69, 9.17) is 4.74 Å². The number of para-hydroxylation sites is 2. The second-order valence-electron chi connectivity index (χ2n) is 6.89. The summed E-state index contributed by atoms with van der Waals surface area (Å²) in [7, 11) is 0. The molecule has 0 saturated heterocycles. The van der Waals surface area contributed by atoms with Crippen molar-refractivity contribution in [1.29, 1.82) is 0 Å². The Labute approximate surface area is 149 Å². The molecule has 0 aliphatic carbocycles. The normalized spacial score (nSPS) is 10.9. The van der Waals surface area contributed by atoms with E-state index in [9.17, 15) is 14.4 Å². The highest BCUT2D eigenvalue weighted by Gasteiger charge is 2.18. The maximum Gasteiger partial charge on any atom is 0.412 e. The Kier molecular flexibility index (Phi) is 8.11. The number of carbonyl (C=O) groups is 3. The summed E-state index contributed by atoms with van der Waals surface area (Å²) < 4.78 is 5.20. The van der Waals surface area contributed by atoms with E-state index < -0.39 is 11.7 Å². The lowest BCUT2D eigenvalue weighted by molar-refractivity contribution is -0.125. The minimum Gasteiger partial charge on any atom is -0.444 e. The summed E-state index contributed by atoms with van der Waals surface area (Å²) in [4.78, 5) is 35.7. The Hall–Kier alpha value is -2.37. The summed E-state index contributed by atoms with van der Waals surface area (Å²) in [5, 5.41) is 5.28. The van der Waals surface area contributed by atoms with Gasteiger partial charge < -0.3 is 10.1 Å². The lowest BCUT2D eigenvalue weighted by Gasteiger charge is -2.20. The van der Waals surface area contributed by atoms with Crippen LogP contribution in [0.15, 0.2) is 24.3 Å². The molecule has 0 saturated carbocycles. The molecule has 0 atom stereocenters. The molecule has 1 rings (SSSR count). The highest BCUT2D eigenvalue weighted by Crippen LogP contribution is 2.22. The third-order valence-corrected chi connectivity index (χ3v) is 3.25. The largest absolute Gasteiger partial charge is 0.444 e. The number of anilines is 2. The van der Waals surface area contributed by atoms with Gasteiger partial charge in [0, 0.05) is 6.42 Å². The predicted molar refractivity (Wildman–Crippen MR) is 98.7 cm³/mol. The minimum absolute atomic E-state index is 0.0801. The summed E-state index contributed by atoms with van der Waals surface area (Å²) in [6.07, 6.45) is 2.46. The van der Waals surface area contributed by atoms with Crippen molar-refractivity contribution in [2.45, 2.75) is 65.4 Å². The summed E-state index contributed by atoms with van der Waals surface area (Å²) in [5.41, 5.74) is 0.232. The smallest absolute Gasteiger partial charge is 0.412 e. The van der Waals surface area contributed by atoms with Gasteiger partial charge in [-0.2, -0.15) is 0 Å². The second-order valence-corrected chi connectivity index (χ2v) is 6.89. The lowest BCUT2D eigenvalue weighted by Crippen LogP contribution is -2.27. The zero-order valence-electron chi connectivity index (χ0n) is 15.5. The maximum absolute atomic E-state index is 12.0. The SMILES string of the molecule is CCCCCC(=O)CC(=O)Nc1ccccc1NC(=O)OC(C)(C)C. The molecule has 25 heavy (non-hydrogen) atoms. The molecule has 2 amide bonds. The molecule has 0 unspecified atom stereocenters. The maximum atomic E-state index is 12.0. The summed E-state index contributed by atoms with van der Waals surface area (Å²) in [5.74, 6) is -0.469. The topological polar surface area (TPSA) is 84.5 Å². The fraction of sp³-hybridized carbons (Fsp3) is 0.526. The number of hydrogen-bond donors (Lipinski definition) is 2. The standard InChI is InChI=1S/C19H28N2O4/c1-5-6-7-10-14(22)13-17(23)20-15-11-8-9-12-16(15)21-18(24)25-19(2,3)4/h8-9,11-12H,5-7,10,13H2,1-4H3,(H,20,23)(H,21,24). The highest BCUT2D eigenvalue weighted by molar-refractivity contribution is 6.06. The number of benzene rings is 1. The molecule has 138 valence electrons. The van der Waals surface area contributed by atoms with Crippen LogP contribution in [0.2, 0.25) is 0 Å². The van der Waals surface area contributed by atoms with Crippen LogP contribution in [-0.2, 0) is 14.3 Å². The van der Waals surface area contributed by atoms with Crippen molar-refractivity contribution in [1.82, 2.24) is 0 Å². The van der Waals surface area contributed by atoms with Crippen molar-refractivity contribution in [3.8, 4) is 0 Å². The van der Waals surface area contributed by atoms with Crippen molar-refractivity contribution in [3.63, 3.8) is 0 Å². The first kappa shape index (κ1) is 20.7. The van der Waals surface area contributed by atoms with Crippen LogP contribution in [0, 0.1) is 0 Å². The highest BCUT2D eigenvalue weighted by atomic mass is 16.6. The molecule has 0 radical (unpaired) electrons. The van der Waals surface area contributed by atoms with Gasteiger partial charge in [0.25, 0.3) is 0 Å². The fourth-order valence-corrected chi connectivity index (χ4v) is 2.15. The van der Waals surface area contributed by atoms with Crippen LogP contribution in [0.25, 0.3) is 0 Å². The number of hydrogen-bond acceptors (Lipinski definition) is 4. The van der Waals surface area contributed by atoms with E-state index in [1.54, 1.807) is 45.0 Å². The molecule has 2 N–H and O–H groups in total. The molecule has 0 aliphatic heterocycles. The molecule has 6 heteroatoms. The van der Waals surface area contributed by atoms with Gasteiger partial charge in [0.05, 0.1) is 17.8 Å². The first-order valence-corrected chi connectivity index (χ1v) is 8.62. The molecule has 0 aliphatic rings. The van der Waals surface area contributed by atoms with Crippen molar-refractivity contribution in [2.75, 3.05) is 10.6 Å². The first-order valence-electron chi connectivity index (χ1n) is 8.62. The van der Waals surface area contributed by atoms with Crippen molar-refractivity contribution in [2.24, 2.45) is 0 Å². The fourth-order valence-electron chi connectivity index (χ4n) is 2.15. The number of amides is 2. The number of ether oxygens (including phenoxy) is 1. The Morgan fingerprint density at radius 2 is 1.60 bits per heavy atom. The molecular formula is C19H28N2O4. The summed E-state index contributed by atoms with van der Waals surface area (Å²) in [6, 6.07) is 6.78. The number of rotatable bonds is 8. The predicted octanol–water partition coefficient (Wildman–Crippen LogP) is 4.51. The van der Waals surface area contributed by atoms with Gasteiger partial charge in [-0.15, -0.1) is 0 Å². The third-order valence-electron chi connectivity index (χ3n) is 3.25. The second kappa shape index (κ2) is 9.81. The molecular weight excluding hydrogens is 320 g/mol. The van der Waals surface area contributed by atoms with E-state index in [1.807, 2.05) is 0 Å². The van der Waals surface area contributed by atoms with Gasteiger partial charge in [0.15, 0.2) is 0 Å². The van der Waals surface area contributed by atoms with Gasteiger partial charge in [-0.1, -0.05) is 31.9 Å². The Morgan fingerprint density at radius 3 is 2.16 bits per heavy atom. The van der Waals surface area contributed by atoms with Crippen LogP contribution in [0.1, 0.15) is 59.8 Å². The quantitative estimate of drug-likeness (QED) is 0.534. The van der Waals surface area contributed by atoms with E-state index in [0.29, 0.717) is 17.8 Å². The molecule has 1 aromatic carbocycles. The van der Waals surface area contributed by atoms with Crippen LogP contribution >= 0.6 is 0 Å². The lowest BCUT2D eigenvalue weighted by atomic mass is 10.1. The van der Waals surface area contributed by atoms with Crippen molar-refractivity contribution < 1.29 is 19.1 Å². The van der Waals surface area contributed by atoms with Gasteiger partial charge in [-0.3, -0.25) is 14.9 Å². The average molecular weight is 348 g/mol. The first-order chi connectivity index (χ1) is 11.7. The molecule has 1 aromatic rings. The number of ketones is 1. The van der Waals surface area contributed by atoms with Crippen LogP contribution in [-0.4, -0.2) is 23.4 Å². The molecule has 0 spiro atoms.